The van der Waals surface area contributed by atoms with E-state index >= 15 is 0 Å². The van der Waals surface area contributed by atoms with Crippen LogP contribution in [0.2, 0.25) is 0 Å². The first kappa shape index (κ1) is 9.71. The van der Waals surface area contributed by atoms with Gasteiger partial charge in [0.25, 0.3) is 5.82 Å². The highest BCUT2D eigenvalue weighted by molar-refractivity contribution is 5.73. The first-order valence-electron chi connectivity index (χ1n) is 4.53. The fourth-order valence-electron chi connectivity index (χ4n) is 1.26. The Morgan fingerprint density at radius 3 is 2.46 bits per heavy atom. The minimum Gasteiger partial charge on any atom is -0.298 e. The van der Waals surface area contributed by atoms with Crippen LogP contribution in [0.3, 0.4) is 0 Å². The molecule has 0 radical (unpaired) electrons. The molecule has 70 valence electrons. The Bertz CT molecular complexity index is 265. The molecule has 1 heterocycles. The number of aromatic amines is 1. The van der Waals surface area contributed by atoms with Crippen molar-refractivity contribution >= 4 is 12.1 Å². The molecule has 0 amide bonds. The lowest BCUT2D eigenvalue weighted by molar-refractivity contribution is -0.364. The summed E-state index contributed by atoms with van der Waals surface area (Å²) in [6.07, 6.45) is 2.56. The van der Waals surface area contributed by atoms with Crippen molar-refractivity contribution in [3.05, 3.63) is 23.9 Å². The van der Waals surface area contributed by atoms with Gasteiger partial charge in [-0.05, 0) is 19.9 Å². The van der Waals surface area contributed by atoms with Gasteiger partial charge in [0.05, 0.1) is 24.8 Å². The molecule has 13 heavy (non-hydrogen) atoms. The lowest BCUT2D eigenvalue weighted by atomic mass is 10.3. The quantitative estimate of drug-likeness (QED) is 0.650. The van der Waals surface area contributed by atoms with Crippen molar-refractivity contribution in [2.75, 3.05) is 18.0 Å². The summed E-state index contributed by atoms with van der Waals surface area (Å²) in [5.41, 5.74) is 0.677. The summed E-state index contributed by atoms with van der Waals surface area (Å²) in [6, 6.07) is 3.74. The third-order valence-electron chi connectivity index (χ3n) is 2.06. The topological polar surface area (TPSA) is 34.5 Å². The average molecular weight is 179 g/mol. The maximum absolute atomic E-state index is 10.4. The molecule has 0 unspecified atom stereocenters. The van der Waals surface area contributed by atoms with Gasteiger partial charge in [0.1, 0.15) is 0 Å². The lowest BCUT2D eigenvalue weighted by Gasteiger charge is -2.11. The van der Waals surface area contributed by atoms with E-state index in [0.29, 0.717) is 5.56 Å². The predicted octanol–water partition coefficient (Wildman–Crippen LogP) is 1.16. The summed E-state index contributed by atoms with van der Waals surface area (Å²) in [4.78, 5) is 15.7. The summed E-state index contributed by atoms with van der Waals surface area (Å²) in [5, 5.41) is 0. The normalized spacial score (nSPS) is 9.69. The van der Waals surface area contributed by atoms with Crippen molar-refractivity contribution in [2.45, 2.75) is 13.8 Å². The van der Waals surface area contributed by atoms with Crippen molar-refractivity contribution in [3.8, 4) is 0 Å². The van der Waals surface area contributed by atoms with E-state index in [9.17, 15) is 4.79 Å². The third-order valence-corrected chi connectivity index (χ3v) is 2.06. The molecule has 1 aromatic heterocycles. The molecular formula is C10H15N2O+. The molecule has 0 fully saturated rings. The molecule has 0 aliphatic carbocycles. The number of nitrogens with one attached hydrogen (secondary N) is 1. The van der Waals surface area contributed by atoms with Crippen LogP contribution in [0.5, 0.6) is 0 Å². The zero-order valence-electron chi connectivity index (χ0n) is 8.08. The molecule has 3 heteroatoms. The van der Waals surface area contributed by atoms with Crippen LogP contribution >= 0.6 is 0 Å². The van der Waals surface area contributed by atoms with Gasteiger partial charge < -0.3 is 0 Å². The minimum atomic E-state index is 0.677. The Hall–Kier alpha value is -1.38. The SMILES string of the molecule is CCN(CC)c1ccc(C=O)c[nH+]1. The molecule has 0 bridgehead atoms. The molecule has 0 aliphatic heterocycles. The number of aromatic nitrogens is 1. The summed E-state index contributed by atoms with van der Waals surface area (Å²) < 4.78 is 0. The number of carbonyl (C=O) groups is 1. The van der Waals surface area contributed by atoms with Crippen LogP contribution in [0, 0.1) is 0 Å². The summed E-state index contributed by atoms with van der Waals surface area (Å²) in [6.45, 7) is 6.14. The first-order valence-corrected chi connectivity index (χ1v) is 4.53. The van der Waals surface area contributed by atoms with Gasteiger partial charge in [-0.1, -0.05) is 0 Å². The van der Waals surface area contributed by atoms with Gasteiger partial charge in [-0.15, -0.1) is 0 Å². The molecule has 1 N–H and O–H groups in total. The van der Waals surface area contributed by atoms with E-state index in [1.807, 2.05) is 12.1 Å². The van der Waals surface area contributed by atoms with Crippen molar-refractivity contribution in [1.29, 1.82) is 0 Å². The number of carbonyl (C=O) groups excluding carboxylic acids is 1. The summed E-state index contributed by atoms with van der Waals surface area (Å²) in [7, 11) is 0. The van der Waals surface area contributed by atoms with Gasteiger partial charge >= 0.3 is 0 Å². The molecule has 3 nitrogen and oxygen atoms in total. The maximum atomic E-state index is 10.4. The van der Waals surface area contributed by atoms with Crippen molar-refractivity contribution in [3.63, 3.8) is 0 Å². The highest BCUT2D eigenvalue weighted by Crippen LogP contribution is 2.05. The average Bonchev–Trinajstić information content (AvgIpc) is 2.21. The molecule has 0 saturated heterocycles. The smallest absolute Gasteiger partial charge is 0.274 e. The molecule has 0 saturated carbocycles. The van der Waals surface area contributed by atoms with Crippen molar-refractivity contribution in [1.82, 2.24) is 0 Å². The number of hydrogen-bond donors (Lipinski definition) is 0. The Morgan fingerprint density at radius 1 is 1.38 bits per heavy atom. The standard InChI is InChI=1S/C10H14N2O/c1-3-12(4-2)10-6-5-9(8-13)7-11-10/h5-8H,3-4H2,1-2H3/p+1. The van der Waals surface area contributed by atoms with Crippen LogP contribution in [0.15, 0.2) is 18.3 Å². The third kappa shape index (κ3) is 2.28. The lowest BCUT2D eigenvalue weighted by Crippen LogP contribution is -2.28. The van der Waals surface area contributed by atoms with Crippen LogP contribution in [0.25, 0.3) is 0 Å². The van der Waals surface area contributed by atoms with Crippen LogP contribution in [-0.4, -0.2) is 19.4 Å². The Kier molecular flexibility index (Phi) is 3.43. The number of pyridine rings is 1. The zero-order valence-corrected chi connectivity index (χ0v) is 8.08. The van der Waals surface area contributed by atoms with Gasteiger partial charge in [-0.2, -0.15) is 0 Å². The highest BCUT2D eigenvalue weighted by Gasteiger charge is 2.09. The molecule has 1 rings (SSSR count). The second kappa shape index (κ2) is 4.60. The van der Waals surface area contributed by atoms with E-state index in [2.05, 4.69) is 23.7 Å². The molecular weight excluding hydrogens is 164 g/mol. The van der Waals surface area contributed by atoms with Crippen LogP contribution in [0.4, 0.5) is 5.82 Å². The number of H-pyrrole nitrogens is 1. The van der Waals surface area contributed by atoms with E-state index in [-0.39, 0.29) is 0 Å². The van der Waals surface area contributed by atoms with Gasteiger partial charge in [0, 0.05) is 6.07 Å². The maximum Gasteiger partial charge on any atom is 0.274 e. The zero-order chi connectivity index (χ0) is 9.68. The number of rotatable bonds is 4. The van der Waals surface area contributed by atoms with E-state index < -0.39 is 0 Å². The molecule has 1 aromatic rings. The second-order valence-corrected chi connectivity index (χ2v) is 2.80. The Morgan fingerprint density at radius 2 is 2.08 bits per heavy atom. The van der Waals surface area contributed by atoms with Crippen LogP contribution in [-0.2, 0) is 0 Å². The fourth-order valence-corrected chi connectivity index (χ4v) is 1.26. The molecule has 0 spiro atoms. The molecule has 0 atom stereocenters. The van der Waals surface area contributed by atoms with Crippen molar-refractivity contribution in [2.24, 2.45) is 0 Å². The second-order valence-electron chi connectivity index (χ2n) is 2.80. The van der Waals surface area contributed by atoms with Crippen LogP contribution in [0.1, 0.15) is 24.2 Å². The number of nitrogens with zero attached hydrogens (tertiary/aromatic N) is 1. The van der Waals surface area contributed by atoms with Gasteiger partial charge in [-0.25, -0.2) is 4.98 Å². The van der Waals surface area contributed by atoms with E-state index in [1.165, 1.54) is 0 Å². The highest BCUT2D eigenvalue weighted by atomic mass is 16.1. The molecule has 0 aliphatic rings. The van der Waals surface area contributed by atoms with E-state index in [0.717, 1.165) is 25.2 Å². The van der Waals surface area contributed by atoms with Crippen LogP contribution < -0.4 is 9.88 Å². The predicted molar refractivity (Wildman–Crippen MR) is 51.9 cm³/mol. The molecule has 0 aromatic carbocycles. The summed E-state index contributed by atoms with van der Waals surface area (Å²) >= 11 is 0. The van der Waals surface area contributed by atoms with Gasteiger partial charge in [0.2, 0.25) is 0 Å². The number of aldehydes is 1. The monoisotopic (exact) mass is 179 g/mol. The number of anilines is 1. The largest absolute Gasteiger partial charge is 0.298 e. The van der Waals surface area contributed by atoms with E-state index in [1.54, 1.807) is 6.20 Å². The van der Waals surface area contributed by atoms with Crippen molar-refractivity contribution < 1.29 is 9.78 Å². The number of hydrogen-bond acceptors (Lipinski definition) is 2. The summed E-state index contributed by atoms with van der Waals surface area (Å²) in [5.74, 6) is 1.05. The van der Waals surface area contributed by atoms with Gasteiger partial charge in [-0.3, -0.25) is 9.69 Å². The fraction of sp³-hybridized carbons (Fsp3) is 0.400. The Labute approximate surface area is 78.4 Å². The minimum absolute atomic E-state index is 0.677. The van der Waals surface area contributed by atoms with Gasteiger partial charge in [0.15, 0.2) is 6.29 Å². The Balaban J connectivity index is 2.83. The van der Waals surface area contributed by atoms with E-state index in [4.69, 9.17) is 0 Å². The first-order chi connectivity index (χ1) is 6.31.